The van der Waals surface area contributed by atoms with Crippen molar-refractivity contribution in [3.05, 3.63) is 48.5 Å². The quantitative estimate of drug-likeness (QED) is 0.384. The number of aliphatic imine (C=N–C) groups is 1. The number of fused-ring (bicyclic) bond motifs is 2. The first kappa shape index (κ1) is 18.4. The van der Waals surface area contributed by atoms with Crippen LogP contribution in [0.5, 0.6) is 0 Å². The summed E-state index contributed by atoms with van der Waals surface area (Å²) in [5.74, 6) is 0.827. The van der Waals surface area contributed by atoms with Crippen molar-refractivity contribution in [1.29, 1.82) is 0 Å². The third kappa shape index (κ3) is 3.61. The Bertz CT molecular complexity index is 733. The van der Waals surface area contributed by atoms with Crippen LogP contribution in [0.1, 0.15) is 34.1 Å². The van der Waals surface area contributed by atoms with E-state index in [1.54, 1.807) is 7.11 Å². The van der Waals surface area contributed by atoms with Gasteiger partial charge in [-0.15, -0.1) is 0 Å². The summed E-state index contributed by atoms with van der Waals surface area (Å²) in [5.41, 5.74) is -0.202. The molecule has 2 aromatic rings. The fraction of sp³-hybridized carbons (Fsp3) is 0.381. The highest BCUT2D eigenvalue weighted by Gasteiger charge is 2.47. The Balaban J connectivity index is 2.08. The van der Waals surface area contributed by atoms with Gasteiger partial charge in [0.05, 0.1) is 27.8 Å². The first-order valence-electron chi connectivity index (χ1n) is 8.69. The summed E-state index contributed by atoms with van der Waals surface area (Å²) in [6.07, 6.45) is 0.823. The van der Waals surface area contributed by atoms with Gasteiger partial charge >= 0.3 is 0 Å². The van der Waals surface area contributed by atoms with E-state index in [0.717, 1.165) is 12.3 Å². The van der Waals surface area contributed by atoms with E-state index in [-0.39, 0.29) is 16.4 Å². The van der Waals surface area contributed by atoms with Gasteiger partial charge in [0, 0.05) is 6.42 Å². The molecule has 0 radical (unpaired) electrons. The average Bonchev–Trinajstić information content (AvgIpc) is 2.63. The van der Waals surface area contributed by atoms with E-state index in [4.69, 9.17) is 9.73 Å². The van der Waals surface area contributed by atoms with Crippen LogP contribution >= 0.6 is 11.8 Å². The zero-order valence-corrected chi connectivity index (χ0v) is 17.2. The predicted molar refractivity (Wildman–Crippen MR) is 109 cm³/mol. The van der Waals surface area contributed by atoms with Gasteiger partial charge < -0.3 is 4.74 Å². The second kappa shape index (κ2) is 7.46. The highest BCUT2D eigenvalue weighted by molar-refractivity contribution is 8.04. The molecule has 1 unspecified atom stereocenters. The Morgan fingerprint density at radius 3 is 2.08 bits per heavy atom. The largest absolute Gasteiger partial charge is 0.484 e. The summed E-state index contributed by atoms with van der Waals surface area (Å²) in [6.45, 7) is 8.88. The minimum Gasteiger partial charge on any atom is -0.484 e. The molecule has 1 atom stereocenters. The highest BCUT2D eigenvalue weighted by atomic mass is 32.2. The molecule has 25 heavy (non-hydrogen) atoms. The Hall–Kier alpha value is -1.39. The average molecular weight is 373 g/mol. The lowest BCUT2D eigenvalue weighted by Gasteiger charge is -2.30. The maximum absolute atomic E-state index is 5.46. The summed E-state index contributed by atoms with van der Waals surface area (Å²) in [6, 6.07) is 17.6. The monoisotopic (exact) mass is 372 g/mol. The fourth-order valence-corrected chi connectivity index (χ4v) is 7.32. The molecule has 132 valence electrons. The summed E-state index contributed by atoms with van der Waals surface area (Å²) in [4.78, 5) is 10.6. The molecule has 0 saturated heterocycles. The summed E-state index contributed by atoms with van der Waals surface area (Å²) >= 11 is 1.88. The Morgan fingerprint density at radius 1 is 1.08 bits per heavy atom. The van der Waals surface area contributed by atoms with Crippen LogP contribution in [-0.4, -0.2) is 23.8 Å². The van der Waals surface area contributed by atoms with Gasteiger partial charge in [-0.25, -0.2) is 4.99 Å². The second-order valence-electron chi connectivity index (χ2n) is 6.69. The van der Waals surface area contributed by atoms with Gasteiger partial charge in [-0.3, -0.25) is 0 Å². The molecule has 0 aromatic heterocycles. The third-order valence-electron chi connectivity index (χ3n) is 4.69. The molecule has 0 aliphatic carbocycles. The van der Waals surface area contributed by atoms with Crippen molar-refractivity contribution >= 4 is 28.6 Å². The highest BCUT2D eigenvalue weighted by Crippen LogP contribution is 2.48. The van der Waals surface area contributed by atoms with Crippen LogP contribution in [0.25, 0.3) is 0 Å². The molecule has 3 rings (SSSR count). The van der Waals surface area contributed by atoms with Gasteiger partial charge in [0.2, 0.25) is 0 Å². The van der Waals surface area contributed by atoms with Crippen molar-refractivity contribution in [1.82, 2.24) is 0 Å². The summed E-state index contributed by atoms with van der Waals surface area (Å²) < 4.78 is 5.46. The van der Waals surface area contributed by atoms with Crippen LogP contribution in [0.15, 0.2) is 73.1 Å². The van der Waals surface area contributed by atoms with E-state index in [1.807, 2.05) is 11.8 Å². The van der Waals surface area contributed by atoms with Crippen molar-refractivity contribution in [2.75, 3.05) is 7.11 Å². The minimum atomic E-state index is -0.202. The molecule has 0 fully saturated rings. The molecule has 0 spiro atoms. The van der Waals surface area contributed by atoms with E-state index >= 15 is 0 Å². The minimum absolute atomic E-state index is 0.0126. The van der Waals surface area contributed by atoms with E-state index in [2.05, 4.69) is 76.2 Å². The normalized spacial score (nSPS) is 16.1. The number of hydrogen-bond donors (Lipinski definition) is 0. The molecule has 0 saturated carbocycles. The fourth-order valence-electron chi connectivity index (χ4n) is 3.02. The summed E-state index contributed by atoms with van der Waals surface area (Å²) in [5, 5.41) is 0.368. The summed E-state index contributed by atoms with van der Waals surface area (Å²) in [7, 11) is 1.70. The molecule has 0 amide bonds. The predicted octanol–water partition coefficient (Wildman–Crippen LogP) is 5.81. The van der Waals surface area contributed by atoms with Crippen molar-refractivity contribution < 1.29 is 4.74 Å². The molecular weight excluding hydrogens is 346 g/mol. The van der Waals surface area contributed by atoms with Gasteiger partial charge in [-0.1, -0.05) is 43.0 Å². The van der Waals surface area contributed by atoms with Crippen LogP contribution in [0, 0.1) is 0 Å². The Morgan fingerprint density at radius 2 is 1.60 bits per heavy atom. The standard InChI is InChI=1S/C21H26NOS2/c1-6-20(23-5)22-21(3,4)15(2)25-18-13-9-7-11-16(18)24-17-12-8-10-14-19(17)25/h7-15H,6H2,1-5H3/q+1. The van der Waals surface area contributed by atoms with Crippen molar-refractivity contribution in [2.24, 2.45) is 4.99 Å². The topological polar surface area (TPSA) is 21.6 Å². The van der Waals surface area contributed by atoms with Crippen LogP contribution in [-0.2, 0) is 15.6 Å². The van der Waals surface area contributed by atoms with Gasteiger partial charge in [0.15, 0.2) is 20.9 Å². The molecule has 0 bridgehead atoms. The van der Waals surface area contributed by atoms with Crippen molar-refractivity contribution in [3.8, 4) is 0 Å². The van der Waals surface area contributed by atoms with Crippen LogP contribution in [0.2, 0.25) is 0 Å². The zero-order chi connectivity index (χ0) is 18.0. The molecule has 2 nitrogen and oxygen atoms in total. The van der Waals surface area contributed by atoms with Crippen LogP contribution in [0.3, 0.4) is 0 Å². The first-order valence-corrected chi connectivity index (χ1v) is 10.8. The van der Waals surface area contributed by atoms with Gasteiger partial charge in [-0.05, 0) is 45.0 Å². The number of benzene rings is 2. The molecule has 0 N–H and O–H groups in total. The molecular formula is C21H26NOS2+. The SMILES string of the molecule is CCC(=NC(C)(C)C(C)[S+]1c2ccccc2Sc2ccccc21)OC. The third-order valence-corrected chi connectivity index (χ3v) is 9.05. The Labute approximate surface area is 158 Å². The number of hydrogen-bond acceptors (Lipinski definition) is 3. The second-order valence-corrected chi connectivity index (χ2v) is 10.0. The lowest BCUT2D eigenvalue weighted by atomic mass is 10.0. The van der Waals surface area contributed by atoms with Crippen LogP contribution in [0.4, 0.5) is 0 Å². The maximum Gasteiger partial charge on any atom is 0.183 e. The molecule has 1 aliphatic rings. The van der Waals surface area contributed by atoms with E-state index in [1.165, 1.54) is 19.6 Å². The lowest BCUT2D eigenvalue weighted by Crippen LogP contribution is -2.40. The molecule has 1 aliphatic heterocycles. The van der Waals surface area contributed by atoms with Gasteiger partial charge in [-0.2, -0.15) is 0 Å². The van der Waals surface area contributed by atoms with E-state index in [9.17, 15) is 0 Å². The Kier molecular flexibility index (Phi) is 5.49. The van der Waals surface area contributed by atoms with E-state index in [0.29, 0.717) is 5.25 Å². The van der Waals surface area contributed by atoms with Crippen molar-refractivity contribution in [2.45, 2.75) is 64.5 Å². The molecule has 2 aromatic carbocycles. The number of rotatable bonds is 4. The maximum atomic E-state index is 5.46. The number of nitrogens with zero attached hydrogens (tertiary/aromatic N) is 1. The van der Waals surface area contributed by atoms with Gasteiger partial charge in [0.25, 0.3) is 0 Å². The zero-order valence-electron chi connectivity index (χ0n) is 15.6. The molecule has 1 heterocycles. The first-order chi connectivity index (χ1) is 12.0. The number of methoxy groups -OCH3 is 1. The smallest absolute Gasteiger partial charge is 0.183 e. The molecule has 4 heteroatoms. The van der Waals surface area contributed by atoms with Crippen molar-refractivity contribution in [3.63, 3.8) is 0 Å². The van der Waals surface area contributed by atoms with Crippen LogP contribution < -0.4 is 0 Å². The van der Waals surface area contributed by atoms with Gasteiger partial charge in [0.1, 0.15) is 5.54 Å². The number of ether oxygens (including phenoxy) is 1. The lowest BCUT2D eigenvalue weighted by molar-refractivity contribution is 0.375. The van der Waals surface area contributed by atoms with E-state index < -0.39 is 0 Å².